The van der Waals surface area contributed by atoms with Gasteiger partial charge in [0, 0.05) is 0 Å². The van der Waals surface area contributed by atoms with Crippen molar-refractivity contribution < 1.29 is 8.42 Å². The molecule has 122 valence electrons. The highest BCUT2D eigenvalue weighted by Gasteiger charge is 2.28. The standard InChI is InChI=1S/C15H19N5O2S/c1-9(2)14(15-17-11(4)18-19-15)20-23(21,22)13-7-12(8-16)6-5-10(13)3/h5-7,9,14,20H,1-4H3,(H,17,18,19)/t14-/m0/s1. The molecule has 0 bridgehead atoms. The van der Waals surface area contributed by atoms with E-state index in [0.29, 0.717) is 22.8 Å². The van der Waals surface area contributed by atoms with Crippen LogP contribution in [0.1, 0.15) is 42.7 Å². The Kier molecular flexibility index (Phi) is 4.82. The van der Waals surface area contributed by atoms with Gasteiger partial charge in [-0.25, -0.2) is 18.1 Å². The number of aromatic amines is 1. The number of aromatic nitrogens is 3. The summed E-state index contributed by atoms with van der Waals surface area (Å²) in [5, 5.41) is 15.8. The molecule has 2 N–H and O–H groups in total. The van der Waals surface area contributed by atoms with Crippen molar-refractivity contribution in [2.24, 2.45) is 5.92 Å². The minimum Gasteiger partial charge on any atom is -0.263 e. The first-order valence-corrected chi connectivity index (χ1v) is 8.65. The van der Waals surface area contributed by atoms with Gasteiger partial charge in [-0.3, -0.25) is 5.10 Å². The van der Waals surface area contributed by atoms with E-state index < -0.39 is 16.1 Å². The minimum absolute atomic E-state index is 0.0422. The number of nitriles is 1. The Balaban J connectivity index is 2.41. The van der Waals surface area contributed by atoms with Crippen LogP contribution in [-0.4, -0.2) is 23.6 Å². The molecule has 1 aromatic heterocycles. The fourth-order valence-corrected chi connectivity index (χ4v) is 3.79. The SMILES string of the molecule is Cc1nc([C@@H](NS(=O)(=O)c2cc(C#N)ccc2C)C(C)C)n[nH]1. The van der Waals surface area contributed by atoms with Gasteiger partial charge in [-0.1, -0.05) is 19.9 Å². The first kappa shape index (κ1) is 17.1. The highest BCUT2D eigenvalue weighted by molar-refractivity contribution is 7.89. The average Bonchev–Trinajstić information content (AvgIpc) is 2.91. The van der Waals surface area contributed by atoms with Gasteiger partial charge in [0.15, 0.2) is 5.82 Å². The van der Waals surface area contributed by atoms with Gasteiger partial charge in [0.1, 0.15) is 5.82 Å². The van der Waals surface area contributed by atoms with E-state index in [1.54, 1.807) is 26.0 Å². The quantitative estimate of drug-likeness (QED) is 0.869. The second-order valence-corrected chi connectivity index (χ2v) is 7.40. The molecule has 0 spiro atoms. The number of benzene rings is 1. The molecular formula is C15H19N5O2S. The van der Waals surface area contributed by atoms with Crippen LogP contribution in [0.2, 0.25) is 0 Å². The third kappa shape index (κ3) is 3.75. The second kappa shape index (κ2) is 6.48. The van der Waals surface area contributed by atoms with Gasteiger partial charge in [0.05, 0.1) is 22.6 Å². The van der Waals surface area contributed by atoms with E-state index in [0.717, 1.165) is 0 Å². The third-order valence-corrected chi connectivity index (χ3v) is 5.03. The van der Waals surface area contributed by atoms with Crippen LogP contribution in [-0.2, 0) is 10.0 Å². The Morgan fingerprint density at radius 2 is 2.00 bits per heavy atom. The molecule has 7 nitrogen and oxygen atoms in total. The molecule has 0 aliphatic rings. The number of nitrogens with one attached hydrogen (secondary N) is 2. The molecule has 23 heavy (non-hydrogen) atoms. The summed E-state index contributed by atoms with van der Waals surface area (Å²) < 4.78 is 28.1. The largest absolute Gasteiger partial charge is 0.263 e. The first-order chi connectivity index (χ1) is 10.7. The molecule has 1 aromatic carbocycles. The van der Waals surface area contributed by atoms with Gasteiger partial charge < -0.3 is 0 Å². The molecule has 8 heteroatoms. The van der Waals surface area contributed by atoms with Crippen molar-refractivity contribution in [2.75, 3.05) is 0 Å². The summed E-state index contributed by atoms with van der Waals surface area (Å²) in [5.41, 5.74) is 0.871. The van der Waals surface area contributed by atoms with Crippen LogP contribution >= 0.6 is 0 Å². The number of nitrogens with zero attached hydrogens (tertiary/aromatic N) is 3. The van der Waals surface area contributed by atoms with Gasteiger partial charge in [-0.15, -0.1) is 0 Å². The molecule has 0 saturated heterocycles. The van der Waals surface area contributed by atoms with E-state index in [9.17, 15) is 8.42 Å². The van der Waals surface area contributed by atoms with Crippen LogP contribution in [0.4, 0.5) is 0 Å². The summed E-state index contributed by atoms with van der Waals surface area (Å²) >= 11 is 0. The summed E-state index contributed by atoms with van der Waals surface area (Å²) in [6.07, 6.45) is 0. The Labute approximate surface area is 135 Å². The number of H-pyrrole nitrogens is 1. The average molecular weight is 333 g/mol. The van der Waals surface area contributed by atoms with Crippen molar-refractivity contribution in [3.63, 3.8) is 0 Å². The predicted molar refractivity (Wildman–Crippen MR) is 84.9 cm³/mol. The first-order valence-electron chi connectivity index (χ1n) is 7.16. The number of hydrogen-bond donors (Lipinski definition) is 2. The molecule has 0 radical (unpaired) electrons. The van der Waals surface area contributed by atoms with Crippen molar-refractivity contribution in [3.8, 4) is 6.07 Å². The number of hydrogen-bond acceptors (Lipinski definition) is 5. The van der Waals surface area contributed by atoms with Gasteiger partial charge in [0.2, 0.25) is 10.0 Å². The van der Waals surface area contributed by atoms with E-state index in [2.05, 4.69) is 19.9 Å². The normalized spacial score (nSPS) is 13.0. The molecule has 0 saturated carbocycles. The summed E-state index contributed by atoms with van der Waals surface area (Å²) in [6.45, 7) is 7.22. The molecule has 0 fully saturated rings. The molecule has 0 unspecified atom stereocenters. The Hall–Kier alpha value is -2.24. The lowest BCUT2D eigenvalue weighted by Crippen LogP contribution is -2.33. The highest BCUT2D eigenvalue weighted by Crippen LogP contribution is 2.23. The molecule has 1 atom stereocenters. The summed E-state index contributed by atoms with van der Waals surface area (Å²) in [5.74, 6) is 0.974. The van der Waals surface area contributed by atoms with E-state index in [-0.39, 0.29) is 10.8 Å². The fraction of sp³-hybridized carbons (Fsp3) is 0.400. The van der Waals surface area contributed by atoms with Crippen LogP contribution in [0.15, 0.2) is 23.1 Å². The van der Waals surface area contributed by atoms with Crippen molar-refractivity contribution in [1.29, 1.82) is 5.26 Å². The van der Waals surface area contributed by atoms with Crippen LogP contribution in [0, 0.1) is 31.1 Å². The Morgan fingerprint density at radius 3 is 2.52 bits per heavy atom. The van der Waals surface area contributed by atoms with E-state index in [1.165, 1.54) is 6.07 Å². The highest BCUT2D eigenvalue weighted by atomic mass is 32.2. The summed E-state index contributed by atoms with van der Waals surface area (Å²) in [6, 6.07) is 5.98. The van der Waals surface area contributed by atoms with Crippen LogP contribution < -0.4 is 4.72 Å². The monoisotopic (exact) mass is 333 g/mol. The van der Waals surface area contributed by atoms with E-state index >= 15 is 0 Å². The van der Waals surface area contributed by atoms with Crippen LogP contribution in [0.3, 0.4) is 0 Å². The van der Waals surface area contributed by atoms with Gasteiger partial charge in [-0.05, 0) is 37.5 Å². The fourth-order valence-electron chi connectivity index (χ4n) is 2.18. The Morgan fingerprint density at radius 1 is 1.30 bits per heavy atom. The maximum Gasteiger partial charge on any atom is 0.241 e. The number of rotatable bonds is 5. The molecule has 0 aliphatic carbocycles. The molecular weight excluding hydrogens is 314 g/mol. The Bertz CT molecular complexity index is 849. The zero-order chi connectivity index (χ0) is 17.2. The third-order valence-electron chi connectivity index (χ3n) is 3.45. The maximum atomic E-state index is 12.7. The van der Waals surface area contributed by atoms with Gasteiger partial charge in [0.25, 0.3) is 0 Å². The lowest BCUT2D eigenvalue weighted by atomic mass is 10.1. The lowest BCUT2D eigenvalue weighted by Gasteiger charge is -2.20. The summed E-state index contributed by atoms with van der Waals surface area (Å²) in [7, 11) is -3.80. The molecule has 2 rings (SSSR count). The van der Waals surface area contributed by atoms with E-state index in [1.807, 2.05) is 19.9 Å². The zero-order valence-electron chi connectivity index (χ0n) is 13.5. The zero-order valence-corrected chi connectivity index (χ0v) is 14.3. The van der Waals surface area contributed by atoms with Gasteiger partial charge >= 0.3 is 0 Å². The maximum absolute atomic E-state index is 12.7. The lowest BCUT2D eigenvalue weighted by molar-refractivity contribution is 0.445. The predicted octanol–water partition coefficient (Wildman–Crippen LogP) is 1.97. The van der Waals surface area contributed by atoms with Crippen molar-refractivity contribution >= 4 is 10.0 Å². The van der Waals surface area contributed by atoms with Crippen LogP contribution in [0.5, 0.6) is 0 Å². The van der Waals surface area contributed by atoms with Gasteiger partial charge in [-0.2, -0.15) is 10.4 Å². The molecule has 2 aromatic rings. The molecule has 0 aliphatic heterocycles. The van der Waals surface area contributed by atoms with Crippen molar-refractivity contribution in [1.82, 2.24) is 19.9 Å². The smallest absolute Gasteiger partial charge is 0.241 e. The molecule has 0 amide bonds. The molecule has 1 heterocycles. The summed E-state index contributed by atoms with van der Waals surface area (Å²) in [4.78, 5) is 4.31. The van der Waals surface area contributed by atoms with Crippen LogP contribution in [0.25, 0.3) is 0 Å². The number of sulfonamides is 1. The topological polar surface area (TPSA) is 112 Å². The van der Waals surface area contributed by atoms with E-state index in [4.69, 9.17) is 5.26 Å². The van der Waals surface area contributed by atoms with Crippen molar-refractivity contribution in [3.05, 3.63) is 41.0 Å². The number of aryl methyl sites for hydroxylation is 2. The second-order valence-electron chi connectivity index (χ2n) is 5.71. The minimum atomic E-state index is -3.80. The van der Waals surface area contributed by atoms with Crippen molar-refractivity contribution in [2.45, 2.75) is 38.6 Å².